The van der Waals surface area contributed by atoms with Crippen LogP contribution in [0.2, 0.25) is 10.0 Å². The van der Waals surface area contributed by atoms with Gasteiger partial charge >= 0.3 is 0 Å². The van der Waals surface area contributed by atoms with Gasteiger partial charge < -0.3 is 9.47 Å². The summed E-state index contributed by atoms with van der Waals surface area (Å²) in [6.45, 7) is 0.238. The van der Waals surface area contributed by atoms with Crippen molar-refractivity contribution in [2.45, 2.75) is 6.61 Å². The molecule has 0 aromatic heterocycles. The second-order valence-corrected chi connectivity index (χ2v) is 8.88. The molecule has 0 unspecified atom stereocenters. The number of carbonyl (C=O) groups is 1. The first kappa shape index (κ1) is 23.6. The smallest absolute Gasteiger partial charge is 0.271 e. The van der Waals surface area contributed by atoms with Crippen LogP contribution in [0.25, 0.3) is 0 Å². The fraction of sp³-hybridized carbons (Fsp3) is 0.0909. The van der Waals surface area contributed by atoms with Crippen molar-refractivity contribution in [3.05, 3.63) is 90.3 Å². The second-order valence-electron chi connectivity index (χ2n) is 6.26. The fourth-order valence-corrected chi connectivity index (χ4v) is 3.88. The van der Waals surface area contributed by atoms with E-state index in [0.717, 1.165) is 10.0 Å². The summed E-state index contributed by atoms with van der Waals surface area (Å²) in [4.78, 5) is 12.1. The van der Waals surface area contributed by atoms with E-state index in [9.17, 15) is 4.79 Å². The molecule has 0 fully saturated rings. The third kappa shape index (κ3) is 6.46. The molecule has 0 spiro atoms. The highest BCUT2D eigenvalue weighted by atomic mass is 79.9. The van der Waals surface area contributed by atoms with Crippen molar-refractivity contribution in [2.24, 2.45) is 5.10 Å². The zero-order valence-electron chi connectivity index (χ0n) is 16.2. The average Bonchev–Trinajstić information content (AvgIpc) is 2.74. The SMILES string of the molecule is COc1cc(/C=N\NC(=O)c2ccc(Br)cc2)cc(Br)c1OCc1ccc(Cl)cc1Cl. The van der Waals surface area contributed by atoms with Crippen LogP contribution in [0.15, 0.2) is 68.6 Å². The molecule has 0 aliphatic carbocycles. The van der Waals surface area contributed by atoms with Crippen molar-refractivity contribution in [1.29, 1.82) is 0 Å². The Morgan fingerprint density at radius 3 is 2.52 bits per heavy atom. The summed E-state index contributed by atoms with van der Waals surface area (Å²) in [5.41, 5.74) is 4.50. The minimum absolute atomic E-state index is 0.238. The number of ether oxygens (including phenoxy) is 2. The van der Waals surface area contributed by atoms with Gasteiger partial charge in [-0.05, 0) is 70.0 Å². The molecule has 1 amide bonds. The van der Waals surface area contributed by atoms with E-state index in [1.54, 1.807) is 61.7 Å². The van der Waals surface area contributed by atoms with Gasteiger partial charge in [-0.15, -0.1) is 0 Å². The number of hydrogen-bond acceptors (Lipinski definition) is 4. The first-order valence-corrected chi connectivity index (χ1v) is 11.2. The predicted octanol–water partition coefficient (Wildman–Crippen LogP) is 6.87. The van der Waals surface area contributed by atoms with E-state index in [4.69, 9.17) is 32.7 Å². The van der Waals surface area contributed by atoms with Crippen LogP contribution in [0.1, 0.15) is 21.5 Å². The third-order valence-electron chi connectivity index (χ3n) is 4.13. The van der Waals surface area contributed by atoms with Crippen LogP contribution in [0, 0.1) is 0 Å². The Labute approximate surface area is 206 Å². The van der Waals surface area contributed by atoms with Crippen molar-refractivity contribution in [1.82, 2.24) is 5.43 Å². The number of amides is 1. The molecule has 0 aliphatic rings. The molecule has 0 saturated carbocycles. The lowest BCUT2D eigenvalue weighted by Crippen LogP contribution is -2.17. The largest absolute Gasteiger partial charge is 0.493 e. The van der Waals surface area contributed by atoms with Crippen LogP contribution < -0.4 is 14.9 Å². The monoisotopic (exact) mass is 584 g/mol. The summed E-state index contributed by atoms with van der Waals surface area (Å²) < 4.78 is 12.9. The van der Waals surface area contributed by atoms with Gasteiger partial charge in [-0.3, -0.25) is 4.79 Å². The van der Waals surface area contributed by atoms with E-state index in [2.05, 4.69) is 42.4 Å². The molecule has 9 heteroatoms. The van der Waals surface area contributed by atoms with Gasteiger partial charge in [0.2, 0.25) is 0 Å². The minimum Gasteiger partial charge on any atom is -0.493 e. The molecule has 0 saturated heterocycles. The van der Waals surface area contributed by atoms with Crippen LogP contribution >= 0.6 is 55.1 Å². The number of nitrogens with zero attached hydrogens (tertiary/aromatic N) is 1. The fourth-order valence-electron chi connectivity index (χ4n) is 2.57. The van der Waals surface area contributed by atoms with Crippen molar-refractivity contribution in [3.63, 3.8) is 0 Å². The van der Waals surface area contributed by atoms with Gasteiger partial charge in [-0.25, -0.2) is 5.43 Å². The van der Waals surface area contributed by atoms with E-state index in [1.807, 2.05) is 0 Å². The molecular formula is C22H16Br2Cl2N2O3. The Hall–Kier alpha value is -2.06. The Balaban J connectivity index is 1.70. The number of halogens is 4. The highest BCUT2D eigenvalue weighted by Crippen LogP contribution is 2.37. The summed E-state index contributed by atoms with van der Waals surface area (Å²) in [6.07, 6.45) is 1.52. The van der Waals surface area contributed by atoms with Crippen LogP contribution in [0.5, 0.6) is 11.5 Å². The minimum atomic E-state index is -0.311. The summed E-state index contributed by atoms with van der Waals surface area (Å²) in [5, 5.41) is 5.10. The summed E-state index contributed by atoms with van der Waals surface area (Å²) in [7, 11) is 1.54. The van der Waals surface area contributed by atoms with Gasteiger partial charge in [0.25, 0.3) is 5.91 Å². The molecule has 5 nitrogen and oxygen atoms in total. The molecule has 0 atom stereocenters. The molecule has 1 N–H and O–H groups in total. The summed E-state index contributed by atoms with van der Waals surface area (Å²) in [5.74, 6) is 0.708. The van der Waals surface area contributed by atoms with Crippen LogP contribution in [-0.4, -0.2) is 19.2 Å². The van der Waals surface area contributed by atoms with Crippen molar-refractivity contribution >= 4 is 67.2 Å². The number of benzene rings is 3. The molecular weight excluding hydrogens is 571 g/mol. The molecule has 3 aromatic rings. The zero-order valence-corrected chi connectivity index (χ0v) is 20.8. The molecule has 0 heterocycles. The Morgan fingerprint density at radius 1 is 1.10 bits per heavy atom. The number of carbonyl (C=O) groups excluding carboxylic acids is 1. The molecule has 3 aromatic carbocycles. The van der Waals surface area contributed by atoms with Crippen molar-refractivity contribution in [3.8, 4) is 11.5 Å². The highest BCUT2D eigenvalue weighted by molar-refractivity contribution is 9.10. The summed E-state index contributed by atoms with van der Waals surface area (Å²) in [6, 6.07) is 15.8. The zero-order chi connectivity index (χ0) is 22.4. The summed E-state index contributed by atoms with van der Waals surface area (Å²) >= 11 is 19.0. The van der Waals surface area contributed by atoms with Crippen molar-refractivity contribution in [2.75, 3.05) is 7.11 Å². The lowest BCUT2D eigenvalue weighted by atomic mass is 10.2. The molecule has 0 bridgehead atoms. The van der Waals surface area contributed by atoms with Crippen molar-refractivity contribution < 1.29 is 14.3 Å². The van der Waals surface area contributed by atoms with Crippen LogP contribution in [0.3, 0.4) is 0 Å². The lowest BCUT2D eigenvalue weighted by Gasteiger charge is -2.14. The van der Waals surface area contributed by atoms with Gasteiger partial charge in [0.1, 0.15) is 6.61 Å². The maximum atomic E-state index is 12.1. The number of hydrogen-bond donors (Lipinski definition) is 1. The standard InChI is InChI=1S/C22H16Br2Cl2N2O3/c1-30-20-9-13(11-27-28-22(29)14-2-5-16(23)6-3-14)8-18(24)21(20)31-12-15-4-7-17(25)10-19(15)26/h2-11H,12H2,1H3,(H,28,29)/b27-11-. The van der Waals surface area contributed by atoms with Gasteiger partial charge in [0, 0.05) is 25.6 Å². The number of hydrazone groups is 1. The molecule has 160 valence electrons. The lowest BCUT2D eigenvalue weighted by molar-refractivity contribution is 0.0955. The maximum absolute atomic E-state index is 12.1. The van der Waals surface area contributed by atoms with E-state index >= 15 is 0 Å². The van der Waals surface area contributed by atoms with Gasteiger partial charge in [-0.1, -0.05) is 45.2 Å². The molecule has 0 aliphatic heterocycles. The topological polar surface area (TPSA) is 59.9 Å². The van der Waals surface area contributed by atoms with E-state index in [0.29, 0.717) is 37.1 Å². The molecule has 0 radical (unpaired) electrons. The van der Waals surface area contributed by atoms with Gasteiger partial charge in [0.05, 0.1) is 17.8 Å². The Kier molecular flexibility index (Phi) is 8.37. The van der Waals surface area contributed by atoms with Gasteiger partial charge in [-0.2, -0.15) is 5.10 Å². The normalized spacial score (nSPS) is 10.9. The number of methoxy groups -OCH3 is 1. The first-order valence-electron chi connectivity index (χ1n) is 8.90. The second kappa shape index (κ2) is 11.0. The highest BCUT2D eigenvalue weighted by Gasteiger charge is 2.13. The Morgan fingerprint density at radius 2 is 1.84 bits per heavy atom. The molecule has 3 rings (SSSR count). The first-order chi connectivity index (χ1) is 14.9. The van der Waals surface area contributed by atoms with Crippen LogP contribution in [-0.2, 0) is 6.61 Å². The number of nitrogens with one attached hydrogen (secondary N) is 1. The Bertz CT molecular complexity index is 1120. The van der Waals surface area contributed by atoms with Crippen LogP contribution in [0.4, 0.5) is 0 Å². The quantitative estimate of drug-likeness (QED) is 0.243. The van der Waals surface area contributed by atoms with E-state index in [1.165, 1.54) is 6.21 Å². The third-order valence-corrected chi connectivity index (χ3v) is 5.83. The van der Waals surface area contributed by atoms with E-state index in [-0.39, 0.29) is 12.5 Å². The average molecular weight is 587 g/mol. The van der Waals surface area contributed by atoms with Gasteiger partial charge in [0.15, 0.2) is 11.5 Å². The molecule has 31 heavy (non-hydrogen) atoms. The van der Waals surface area contributed by atoms with E-state index < -0.39 is 0 Å². The predicted molar refractivity (Wildman–Crippen MR) is 131 cm³/mol. The number of rotatable bonds is 7. The maximum Gasteiger partial charge on any atom is 0.271 e.